The van der Waals surface area contributed by atoms with E-state index in [9.17, 15) is 0 Å². The van der Waals surface area contributed by atoms with E-state index in [1.165, 1.54) is 17.7 Å². The number of hydrogen-bond acceptors (Lipinski definition) is 2. The lowest BCUT2D eigenvalue weighted by atomic mass is 10.3. The third-order valence-corrected chi connectivity index (χ3v) is 2.71. The molecule has 0 unspecified atom stereocenters. The summed E-state index contributed by atoms with van der Waals surface area (Å²) >= 11 is 1.89. The molecule has 0 aliphatic rings. The van der Waals surface area contributed by atoms with Crippen LogP contribution in [-0.2, 0) is 13.1 Å². The number of aromatic nitrogens is 1. The lowest BCUT2D eigenvalue weighted by Gasteiger charge is -2.01. The molecule has 0 atom stereocenters. The molecule has 0 bridgehead atoms. The Morgan fingerprint density at radius 1 is 1.50 bits per heavy atom. The predicted octanol–water partition coefficient (Wildman–Crippen LogP) is 2.35. The van der Waals surface area contributed by atoms with Gasteiger partial charge in [0.1, 0.15) is 0 Å². The van der Waals surface area contributed by atoms with Crippen molar-refractivity contribution in [1.82, 2.24) is 9.88 Å². The fourth-order valence-electron chi connectivity index (χ4n) is 1.34. The van der Waals surface area contributed by atoms with Gasteiger partial charge in [-0.1, -0.05) is 6.92 Å². The monoisotopic (exact) mass is 212 g/mol. The van der Waals surface area contributed by atoms with E-state index < -0.39 is 0 Å². The Bertz CT molecular complexity index is 245. The van der Waals surface area contributed by atoms with Gasteiger partial charge < -0.3 is 9.88 Å². The molecule has 0 fully saturated rings. The predicted molar refractivity (Wildman–Crippen MR) is 64.8 cm³/mol. The zero-order chi connectivity index (χ0) is 10.2. The highest BCUT2D eigenvalue weighted by atomic mass is 32.2. The van der Waals surface area contributed by atoms with E-state index in [2.05, 4.69) is 41.5 Å². The van der Waals surface area contributed by atoms with Gasteiger partial charge in [-0.15, -0.1) is 0 Å². The lowest BCUT2D eigenvalue weighted by molar-refractivity contribution is 0.672. The highest BCUT2D eigenvalue weighted by molar-refractivity contribution is 7.98. The fourth-order valence-corrected chi connectivity index (χ4v) is 1.73. The van der Waals surface area contributed by atoms with Gasteiger partial charge >= 0.3 is 0 Å². The molecule has 2 nitrogen and oxygen atoms in total. The van der Waals surface area contributed by atoms with Gasteiger partial charge in [-0.05, 0) is 30.9 Å². The Balaban J connectivity index is 2.27. The van der Waals surface area contributed by atoms with Crippen molar-refractivity contribution < 1.29 is 0 Å². The highest BCUT2D eigenvalue weighted by Crippen LogP contribution is 2.02. The van der Waals surface area contributed by atoms with Crippen LogP contribution in [0.3, 0.4) is 0 Å². The highest BCUT2D eigenvalue weighted by Gasteiger charge is 1.95. The zero-order valence-electron chi connectivity index (χ0n) is 9.12. The van der Waals surface area contributed by atoms with Crippen molar-refractivity contribution >= 4 is 11.8 Å². The normalized spacial score (nSPS) is 10.7. The zero-order valence-corrected chi connectivity index (χ0v) is 9.94. The maximum atomic E-state index is 3.40. The van der Waals surface area contributed by atoms with E-state index in [4.69, 9.17) is 0 Å². The van der Waals surface area contributed by atoms with Gasteiger partial charge in [-0.3, -0.25) is 0 Å². The minimum atomic E-state index is 1.00. The SMILES string of the molecule is CCCNCc1ccn(CCSC)c1. The maximum absolute atomic E-state index is 3.40. The van der Waals surface area contributed by atoms with Crippen LogP contribution in [0.2, 0.25) is 0 Å². The number of aryl methyl sites for hydroxylation is 1. The molecule has 3 heteroatoms. The molecule has 1 aromatic heterocycles. The van der Waals surface area contributed by atoms with Gasteiger partial charge in [0.05, 0.1) is 0 Å². The molecule has 0 amide bonds. The van der Waals surface area contributed by atoms with Crippen molar-refractivity contribution in [2.45, 2.75) is 26.4 Å². The molecule has 0 aliphatic carbocycles. The standard InChI is InChI=1S/C11H20N2S/c1-3-5-12-9-11-4-6-13(10-11)7-8-14-2/h4,6,10,12H,3,5,7-9H2,1-2H3. The summed E-state index contributed by atoms with van der Waals surface area (Å²) in [5.41, 5.74) is 1.39. The molecule has 1 rings (SSSR count). The van der Waals surface area contributed by atoms with Crippen LogP contribution in [0.25, 0.3) is 0 Å². The largest absolute Gasteiger partial charge is 0.353 e. The Morgan fingerprint density at radius 3 is 3.07 bits per heavy atom. The second kappa shape index (κ2) is 6.96. The van der Waals surface area contributed by atoms with Gasteiger partial charge in [0.2, 0.25) is 0 Å². The summed E-state index contributed by atoms with van der Waals surface area (Å²) < 4.78 is 2.26. The number of nitrogens with one attached hydrogen (secondary N) is 1. The average Bonchev–Trinajstić information content (AvgIpc) is 2.63. The van der Waals surface area contributed by atoms with Crippen LogP contribution < -0.4 is 5.32 Å². The van der Waals surface area contributed by atoms with E-state index >= 15 is 0 Å². The first-order valence-corrected chi connectivity index (χ1v) is 6.60. The Labute approximate surface area is 91.1 Å². The van der Waals surface area contributed by atoms with E-state index in [0.717, 1.165) is 19.6 Å². The van der Waals surface area contributed by atoms with Crippen LogP contribution in [0, 0.1) is 0 Å². The van der Waals surface area contributed by atoms with Crippen molar-refractivity contribution in [3.8, 4) is 0 Å². The van der Waals surface area contributed by atoms with Crippen LogP contribution in [0.1, 0.15) is 18.9 Å². The minimum Gasteiger partial charge on any atom is -0.353 e. The van der Waals surface area contributed by atoms with Crippen molar-refractivity contribution in [3.63, 3.8) is 0 Å². The van der Waals surface area contributed by atoms with Gasteiger partial charge in [0.25, 0.3) is 0 Å². The summed E-state index contributed by atoms with van der Waals surface area (Å²) in [5.74, 6) is 1.19. The Morgan fingerprint density at radius 2 is 2.36 bits per heavy atom. The summed E-state index contributed by atoms with van der Waals surface area (Å²) in [7, 11) is 0. The topological polar surface area (TPSA) is 17.0 Å². The minimum absolute atomic E-state index is 1.00. The third kappa shape index (κ3) is 4.20. The summed E-state index contributed by atoms with van der Waals surface area (Å²) in [5, 5.41) is 3.40. The summed E-state index contributed by atoms with van der Waals surface area (Å²) in [6.45, 7) is 5.42. The van der Waals surface area contributed by atoms with E-state index in [1.54, 1.807) is 0 Å². The van der Waals surface area contributed by atoms with Crippen LogP contribution in [0.5, 0.6) is 0 Å². The fraction of sp³-hybridized carbons (Fsp3) is 0.636. The maximum Gasteiger partial charge on any atom is 0.0310 e. The second-order valence-electron chi connectivity index (χ2n) is 3.43. The average molecular weight is 212 g/mol. The quantitative estimate of drug-likeness (QED) is 0.699. The van der Waals surface area contributed by atoms with Crippen molar-refractivity contribution in [3.05, 3.63) is 24.0 Å². The first-order valence-electron chi connectivity index (χ1n) is 5.21. The lowest BCUT2D eigenvalue weighted by Crippen LogP contribution is -2.13. The van der Waals surface area contributed by atoms with Crippen molar-refractivity contribution in [2.24, 2.45) is 0 Å². The molecule has 0 aromatic carbocycles. The van der Waals surface area contributed by atoms with Gasteiger partial charge in [0, 0.05) is 31.2 Å². The van der Waals surface area contributed by atoms with E-state index in [1.807, 2.05) is 11.8 Å². The van der Waals surface area contributed by atoms with Gasteiger partial charge in [-0.2, -0.15) is 11.8 Å². The number of thioether (sulfide) groups is 1. The molecule has 1 N–H and O–H groups in total. The molecule has 0 saturated carbocycles. The van der Waals surface area contributed by atoms with E-state index in [-0.39, 0.29) is 0 Å². The molecule has 0 saturated heterocycles. The summed E-state index contributed by atoms with van der Waals surface area (Å²) in [6, 6.07) is 2.20. The molecule has 14 heavy (non-hydrogen) atoms. The molecule has 0 radical (unpaired) electrons. The molecular formula is C11H20N2S. The summed E-state index contributed by atoms with van der Waals surface area (Å²) in [6.07, 6.45) is 7.75. The molecular weight excluding hydrogens is 192 g/mol. The summed E-state index contributed by atoms with van der Waals surface area (Å²) in [4.78, 5) is 0. The smallest absolute Gasteiger partial charge is 0.0310 e. The second-order valence-corrected chi connectivity index (χ2v) is 4.41. The van der Waals surface area contributed by atoms with Gasteiger partial charge in [0.15, 0.2) is 0 Å². The van der Waals surface area contributed by atoms with E-state index in [0.29, 0.717) is 0 Å². The molecule has 1 heterocycles. The van der Waals surface area contributed by atoms with Crippen LogP contribution in [0.15, 0.2) is 18.5 Å². The third-order valence-electron chi connectivity index (χ3n) is 2.12. The first kappa shape index (κ1) is 11.7. The Kier molecular flexibility index (Phi) is 5.80. The molecule has 80 valence electrons. The molecule has 1 aromatic rings. The first-order chi connectivity index (χ1) is 6.86. The molecule has 0 spiro atoms. The van der Waals surface area contributed by atoms with Crippen LogP contribution >= 0.6 is 11.8 Å². The molecule has 0 aliphatic heterocycles. The van der Waals surface area contributed by atoms with Crippen LogP contribution in [0.4, 0.5) is 0 Å². The number of rotatable bonds is 7. The number of hydrogen-bond donors (Lipinski definition) is 1. The number of nitrogens with zero attached hydrogens (tertiary/aromatic N) is 1. The van der Waals surface area contributed by atoms with Crippen molar-refractivity contribution in [1.29, 1.82) is 0 Å². The van der Waals surface area contributed by atoms with Crippen molar-refractivity contribution in [2.75, 3.05) is 18.6 Å². The van der Waals surface area contributed by atoms with Gasteiger partial charge in [-0.25, -0.2) is 0 Å². The van der Waals surface area contributed by atoms with Crippen LogP contribution in [-0.4, -0.2) is 23.1 Å². The Hall–Kier alpha value is -0.410.